The van der Waals surface area contributed by atoms with Crippen molar-refractivity contribution in [1.29, 1.82) is 5.26 Å². The summed E-state index contributed by atoms with van der Waals surface area (Å²) in [5, 5.41) is 20.6. The molecule has 6 nitrogen and oxygen atoms in total. The van der Waals surface area contributed by atoms with E-state index in [4.69, 9.17) is 4.74 Å². The minimum Gasteiger partial charge on any atom is -0.507 e. The Bertz CT molecular complexity index is 1410. The van der Waals surface area contributed by atoms with Crippen LogP contribution in [-0.2, 0) is 15.0 Å². The van der Waals surface area contributed by atoms with Crippen molar-refractivity contribution in [2.45, 2.75) is 52.2 Å². The van der Waals surface area contributed by atoms with Crippen LogP contribution in [0.2, 0.25) is 0 Å². The summed E-state index contributed by atoms with van der Waals surface area (Å²) in [5.74, 6) is -1.24. The summed E-state index contributed by atoms with van der Waals surface area (Å²) in [5.41, 5.74) is 2.99. The largest absolute Gasteiger partial charge is 0.507 e. The van der Waals surface area contributed by atoms with Gasteiger partial charge in [-0.05, 0) is 66.8 Å². The summed E-state index contributed by atoms with van der Waals surface area (Å²) < 4.78 is 5.76. The Morgan fingerprint density at radius 1 is 1.00 bits per heavy atom. The molecule has 0 spiro atoms. The second-order valence-corrected chi connectivity index (χ2v) is 10.4. The van der Waals surface area contributed by atoms with Crippen molar-refractivity contribution >= 4 is 23.1 Å². The molecule has 1 aliphatic rings. The lowest BCUT2D eigenvalue weighted by atomic mass is 9.85. The van der Waals surface area contributed by atoms with Gasteiger partial charge in [-0.15, -0.1) is 0 Å². The molecule has 3 aromatic rings. The monoisotopic (exact) mass is 494 g/mol. The molecule has 1 amide bonds. The Labute approximate surface area is 217 Å². The van der Waals surface area contributed by atoms with E-state index in [1.165, 1.54) is 4.90 Å². The van der Waals surface area contributed by atoms with Gasteiger partial charge in [-0.2, -0.15) is 5.26 Å². The van der Waals surface area contributed by atoms with Crippen LogP contribution in [0.15, 0.2) is 78.4 Å². The molecule has 188 valence electrons. The van der Waals surface area contributed by atoms with Gasteiger partial charge in [0.1, 0.15) is 11.5 Å². The van der Waals surface area contributed by atoms with Gasteiger partial charge in [-0.1, -0.05) is 57.2 Å². The summed E-state index contributed by atoms with van der Waals surface area (Å²) in [6, 6.07) is 22.3. The van der Waals surface area contributed by atoms with Crippen LogP contribution in [0.5, 0.6) is 5.75 Å². The third kappa shape index (κ3) is 5.12. The SMILES string of the molecule is CC(C)Oc1cccc(/C(O)=C2/C(=O)C(=O)N(c3ccc(C#N)cc3)C2c2ccc(C(C)(C)C)cc2)c1. The van der Waals surface area contributed by atoms with E-state index in [0.717, 1.165) is 5.56 Å². The average Bonchev–Trinajstić information content (AvgIpc) is 3.13. The zero-order chi connectivity index (χ0) is 26.9. The molecule has 1 heterocycles. The molecule has 3 aromatic carbocycles. The van der Waals surface area contributed by atoms with Crippen molar-refractivity contribution in [1.82, 2.24) is 0 Å². The first-order chi connectivity index (χ1) is 17.5. The van der Waals surface area contributed by atoms with Gasteiger partial charge in [0.15, 0.2) is 0 Å². The smallest absolute Gasteiger partial charge is 0.300 e. The van der Waals surface area contributed by atoms with E-state index in [2.05, 4.69) is 26.8 Å². The number of ether oxygens (including phenoxy) is 1. The van der Waals surface area contributed by atoms with Gasteiger partial charge in [0.05, 0.1) is 29.4 Å². The molecule has 0 saturated carbocycles. The molecule has 1 N–H and O–H groups in total. The van der Waals surface area contributed by atoms with Gasteiger partial charge in [0.25, 0.3) is 11.7 Å². The van der Waals surface area contributed by atoms with Crippen LogP contribution in [0.1, 0.15) is 62.9 Å². The predicted molar refractivity (Wildman–Crippen MR) is 143 cm³/mol. The highest BCUT2D eigenvalue weighted by atomic mass is 16.5. The van der Waals surface area contributed by atoms with E-state index < -0.39 is 17.7 Å². The van der Waals surface area contributed by atoms with Gasteiger partial charge in [0.2, 0.25) is 0 Å². The van der Waals surface area contributed by atoms with E-state index >= 15 is 0 Å². The fraction of sp³-hybridized carbons (Fsp3) is 0.258. The standard InChI is InChI=1S/C31H30N2O4/c1-19(2)37-25-8-6-7-22(17-25)28(34)26-27(21-11-13-23(14-12-21)31(3,4)5)33(30(36)29(26)35)24-15-9-20(18-32)10-16-24/h6-17,19,27,34H,1-5H3/b28-26-. The summed E-state index contributed by atoms with van der Waals surface area (Å²) in [6.45, 7) is 10.1. The number of amides is 1. The molecular weight excluding hydrogens is 464 g/mol. The van der Waals surface area contributed by atoms with Gasteiger partial charge in [-0.3, -0.25) is 14.5 Å². The number of benzene rings is 3. The third-order valence-electron chi connectivity index (χ3n) is 6.29. The van der Waals surface area contributed by atoms with Gasteiger partial charge < -0.3 is 9.84 Å². The molecule has 6 heteroatoms. The maximum absolute atomic E-state index is 13.4. The second-order valence-electron chi connectivity index (χ2n) is 10.4. The molecule has 1 fully saturated rings. The zero-order valence-electron chi connectivity index (χ0n) is 21.6. The maximum Gasteiger partial charge on any atom is 0.300 e. The Morgan fingerprint density at radius 3 is 2.22 bits per heavy atom. The first kappa shape index (κ1) is 25.7. The number of hydrogen-bond acceptors (Lipinski definition) is 5. The van der Waals surface area contributed by atoms with E-state index in [9.17, 15) is 20.0 Å². The Hall–Kier alpha value is -4.37. The number of anilines is 1. The number of ketones is 1. The predicted octanol–water partition coefficient (Wildman–Crippen LogP) is 6.27. The minimum absolute atomic E-state index is 0.000402. The number of aliphatic hydroxyl groups is 1. The highest BCUT2D eigenvalue weighted by molar-refractivity contribution is 6.51. The quantitative estimate of drug-likeness (QED) is 0.256. The van der Waals surface area contributed by atoms with Crippen LogP contribution in [0.25, 0.3) is 5.76 Å². The molecule has 1 unspecified atom stereocenters. The molecule has 0 bridgehead atoms. The number of hydrogen-bond donors (Lipinski definition) is 1. The molecule has 0 aromatic heterocycles. The van der Waals surface area contributed by atoms with Gasteiger partial charge in [0, 0.05) is 11.3 Å². The average molecular weight is 495 g/mol. The van der Waals surface area contributed by atoms with Crippen molar-refractivity contribution in [3.05, 3.63) is 101 Å². The van der Waals surface area contributed by atoms with Crippen LogP contribution in [0, 0.1) is 11.3 Å². The normalized spacial score (nSPS) is 17.2. The van der Waals surface area contributed by atoms with Gasteiger partial charge >= 0.3 is 0 Å². The fourth-order valence-corrected chi connectivity index (χ4v) is 4.42. The van der Waals surface area contributed by atoms with Crippen molar-refractivity contribution in [2.24, 2.45) is 0 Å². The first-order valence-electron chi connectivity index (χ1n) is 12.2. The number of aliphatic hydroxyl groups excluding tert-OH is 1. The van der Waals surface area contributed by atoms with Crippen LogP contribution < -0.4 is 9.64 Å². The highest BCUT2D eigenvalue weighted by Crippen LogP contribution is 2.43. The number of carbonyl (C=O) groups excluding carboxylic acids is 2. The van der Waals surface area contributed by atoms with Crippen molar-refractivity contribution in [3.63, 3.8) is 0 Å². The first-order valence-corrected chi connectivity index (χ1v) is 12.2. The van der Waals surface area contributed by atoms with Crippen molar-refractivity contribution < 1.29 is 19.4 Å². The Morgan fingerprint density at radius 2 is 1.65 bits per heavy atom. The lowest BCUT2D eigenvalue weighted by molar-refractivity contribution is -0.132. The molecular formula is C31H30N2O4. The number of nitriles is 1. The number of nitrogens with zero attached hydrogens (tertiary/aromatic N) is 2. The van der Waals surface area contributed by atoms with Gasteiger partial charge in [-0.25, -0.2) is 0 Å². The van der Waals surface area contributed by atoms with E-state index in [1.807, 2.05) is 38.1 Å². The zero-order valence-corrected chi connectivity index (χ0v) is 21.6. The summed E-state index contributed by atoms with van der Waals surface area (Å²) in [7, 11) is 0. The molecule has 1 aliphatic heterocycles. The number of Topliss-reactive ketones (excluding diaryl/α,β-unsaturated/α-hetero) is 1. The Balaban J connectivity index is 1.90. The van der Waals surface area contributed by atoms with Crippen LogP contribution in [0.3, 0.4) is 0 Å². The molecule has 4 rings (SSSR count). The lowest BCUT2D eigenvalue weighted by Gasteiger charge is -2.26. The molecule has 0 radical (unpaired) electrons. The summed E-state index contributed by atoms with van der Waals surface area (Å²) in [4.78, 5) is 28.2. The van der Waals surface area contributed by atoms with E-state index in [0.29, 0.717) is 28.1 Å². The van der Waals surface area contributed by atoms with Crippen LogP contribution in [0.4, 0.5) is 5.69 Å². The fourth-order valence-electron chi connectivity index (χ4n) is 4.42. The maximum atomic E-state index is 13.4. The Kier molecular flexibility index (Phi) is 6.91. The van der Waals surface area contributed by atoms with E-state index in [-0.39, 0.29) is 22.9 Å². The molecule has 37 heavy (non-hydrogen) atoms. The molecule has 1 atom stereocenters. The van der Waals surface area contributed by atoms with Crippen LogP contribution >= 0.6 is 0 Å². The minimum atomic E-state index is -0.850. The summed E-state index contributed by atoms with van der Waals surface area (Å²) in [6.07, 6.45) is -0.0688. The van der Waals surface area contributed by atoms with Crippen molar-refractivity contribution in [3.8, 4) is 11.8 Å². The second kappa shape index (κ2) is 9.94. The molecule has 1 saturated heterocycles. The van der Waals surface area contributed by atoms with E-state index in [1.54, 1.807) is 48.5 Å². The van der Waals surface area contributed by atoms with Crippen LogP contribution in [-0.4, -0.2) is 22.9 Å². The molecule has 0 aliphatic carbocycles. The van der Waals surface area contributed by atoms with Crippen molar-refractivity contribution in [2.75, 3.05) is 4.90 Å². The summed E-state index contributed by atoms with van der Waals surface area (Å²) >= 11 is 0. The highest BCUT2D eigenvalue weighted by Gasteiger charge is 2.47. The topological polar surface area (TPSA) is 90.6 Å². The lowest BCUT2D eigenvalue weighted by Crippen LogP contribution is -2.29. The third-order valence-corrected chi connectivity index (χ3v) is 6.29. The number of carbonyl (C=O) groups is 2. The number of rotatable bonds is 5.